The molecular weight excluding hydrogens is 263 g/mol. The minimum Gasteiger partial charge on any atom is -0.312 e. The molecule has 0 aliphatic heterocycles. The van der Waals surface area contributed by atoms with Crippen molar-refractivity contribution < 1.29 is 4.79 Å². The van der Waals surface area contributed by atoms with E-state index in [9.17, 15) is 4.79 Å². The molecule has 1 amide bonds. The zero-order valence-corrected chi connectivity index (χ0v) is 10.0. The molecule has 0 aromatic carbocycles. The summed E-state index contributed by atoms with van der Waals surface area (Å²) < 4.78 is 0. The second-order valence-corrected chi connectivity index (χ2v) is 3.75. The molecule has 0 fully saturated rings. The van der Waals surface area contributed by atoms with E-state index in [1.54, 1.807) is 12.1 Å². The maximum absolute atomic E-state index is 11.9. The zero-order valence-electron chi connectivity index (χ0n) is 8.52. The molecule has 17 heavy (non-hydrogen) atoms. The predicted octanol–water partition coefficient (Wildman–Crippen LogP) is 1.88. The van der Waals surface area contributed by atoms with E-state index in [1.165, 1.54) is 12.1 Å². The largest absolute Gasteiger partial charge is 0.312 e. The molecule has 0 N–H and O–H groups in total. The van der Waals surface area contributed by atoms with Gasteiger partial charge in [0.25, 0.3) is 5.91 Å². The van der Waals surface area contributed by atoms with E-state index in [0.29, 0.717) is 0 Å². The number of carbonyl (C=O) groups is 1. The van der Waals surface area contributed by atoms with Gasteiger partial charge in [0.2, 0.25) is 0 Å². The first kappa shape index (κ1) is 13.2. The molecule has 0 aliphatic carbocycles. The maximum Gasteiger partial charge on any atom is 0.255 e. The number of nitriles is 2. The molecule has 1 heterocycles. The minimum atomic E-state index is -0.487. The van der Waals surface area contributed by atoms with Crippen LogP contribution >= 0.6 is 23.2 Å². The van der Waals surface area contributed by atoms with Gasteiger partial charge >= 0.3 is 0 Å². The lowest BCUT2D eigenvalue weighted by Gasteiger charge is -2.15. The number of rotatable bonds is 3. The van der Waals surface area contributed by atoms with Crippen molar-refractivity contribution in [1.82, 2.24) is 9.88 Å². The van der Waals surface area contributed by atoms with Crippen molar-refractivity contribution in [1.29, 1.82) is 10.5 Å². The van der Waals surface area contributed by atoms with Crippen LogP contribution in [0.2, 0.25) is 10.3 Å². The Kier molecular flexibility index (Phi) is 4.71. The monoisotopic (exact) mass is 268 g/mol. The first-order valence-corrected chi connectivity index (χ1v) is 5.20. The Morgan fingerprint density at radius 1 is 1.24 bits per heavy atom. The summed E-state index contributed by atoms with van der Waals surface area (Å²) in [5.41, 5.74) is 0.195. The van der Waals surface area contributed by atoms with E-state index in [0.717, 1.165) is 4.90 Å². The number of pyridine rings is 1. The summed E-state index contributed by atoms with van der Waals surface area (Å²) in [7, 11) is 0. The van der Waals surface area contributed by atoms with Gasteiger partial charge in [-0.1, -0.05) is 23.2 Å². The van der Waals surface area contributed by atoms with E-state index in [1.807, 2.05) is 0 Å². The van der Waals surface area contributed by atoms with E-state index in [4.69, 9.17) is 33.7 Å². The summed E-state index contributed by atoms with van der Waals surface area (Å²) >= 11 is 11.3. The van der Waals surface area contributed by atoms with Gasteiger partial charge in [0.15, 0.2) is 0 Å². The lowest BCUT2D eigenvalue weighted by Crippen LogP contribution is -2.31. The maximum atomic E-state index is 11.9. The van der Waals surface area contributed by atoms with Crippen molar-refractivity contribution in [3.05, 3.63) is 28.0 Å². The third-order valence-electron chi connectivity index (χ3n) is 1.82. The molecule has 0 unspecified atom stereocenters. The van der Waals surface area contributed by atoms with Crippen LogP contribution in [0.5, 0.6) is 0 Å². The molecule has 0 saturated heterocycles. The van der Waals surface area contributed by atoms with Crippen LogP contribution in [0.1, 0.15) is 10.4 Å². The third kappa shape index (κ3) is 3.60. The van der Waals surface area contributed by atoms with Gasteiger partial charge in [-0.05, 0) is 12.1 Å². The van der Waals surface area contributed by atoms with E-state index in [2.05, 4.69) is 4.98 Å². The van der Waals surface area contributed by atoms with Gasteiger partial charge in [0, 0.05) is 5.56 Å². The quantitative estimate of drug-likeness (QED) is 0.619. The summed E-state index contributed by atoms with van der Waals surface area (Å²) in [5.74, 6) is -0.487. The van der Waals surface area contributed by atoms with E-state index >= 15 is 0 Å². The van der Waals surface area contributed by atoms with Gasteiger partial charge < -0.3 is 4.90 Å². The van der Waals surface area contributed by atoms with Crippen molar-refractivity contribution in [2.75, 3.05) is 13.1 Å². The van der Waals surface area contributed by atoms with Crippen LogP contribution in [0.25, 0.3) is 0 Å². The van der Waals surface area contributed by atoms with Crippen molar-refractivity contribution in [2.45, 2.75) is 0 Å². The Hall–Kier alpha value is -1.82. The highest BCUT2D eigenvalue weighted by Gasteiger charge is 2.16. The number of carbonyl (C=O) groups excluding carboxylic acids is 1. The number of nitrogens with zero attached hydrogens (tertiary/aromatic N) is 4. The molecule has 0 radical (unpaired) electrons. The number of aromatic nitrogens is 1. The van der Waals surface area contributed by atoms with Gasteiger partial charge in [0.05, 0.1) is 12.1 Å². The van der Waals surface area contributed by atoms with Crippen molar-refractivity contribution in [3.63, 3.8) is 0 Å². The van der Waals surface area contributed by atoms with Gasteiger partial charge in [-0.2, -0.15) is 10.5 Å². The van der Waals surface area contributed by atoms with Crippen LogP contribution in [-0.4, -0.2) is 28.9 Å². The molecule has 1 aromatic rings. The summed E-state index contributed by atoms with van der Waals surface area (Å²) in [6, 6.07) is 6.27. The van der Waals surface area contributed by atoms with Gasteiger partial charge in [0.1, 0.15) is 23.4 Å². The number of hydrogen-bond acceptors (Lipinski definition) is 4. The van der Waals surface area contributed by atoms with Crippen LogP contribution < -0.4 is 0 Å². The van der Waals surface area contributed by atoms with Gasteiger partial charge in [-0.15, -0.1) is 0 Å². The lowest BCUT2D eigenvalue weighted by atomic mass is 10.2. The van der Waals surface area contributed by atoms with E-state index < -0.39 is 5.91 Å². The topological polar surface area (TPSA) is 80.8 Å². The highest BCUT2D eigenvalue weighted by molar-refractivity contribution is 6.33. The fourth-order valence-electron chi connectivity index (χ4n) is 1.14. The molecule has 7 heteroatoms. The summed E-state index contributed by atoms with van der Waals surface area (Å²) in [5, 5.41) is 17.3. The molecule has 1 aromatic heterocycles. The molecule has 0 saturated carbocycles. The number of hydrogen-bond donors (Lipinski definition) is 0. The highest BCUT2D eigenvalue weighted by Crippen LogP contribution is 2.16. The molecule has 86 valence electrons. The van der Waals surface area contributed by atoms with E-state index in [-0.39, 0.29) is 29.0 Å². The fourth-order valence-corrected chi connectivity index (χ4v) is 1.60. The average molecular weight is 269 g/mol. The molecule has 0 spiro atoms. The molecule has 5 nitrogen and oxygen atoms in total. The second kappa shape index (κ2) is 6.05. The lowest BCUT2D eigenvalue weighted by molar-refractivity contribution is 0.0794. The van der Waals surface area contributed by atoms with Crippen LogP contribution in [0.3, 0.4) is 0 Å². The number of amides is 1. The molecule has 0 aliphatic rings. The van der Waals surface area contributed by atoms with Gasteiger partial charge in [-0.3, -0.25) is 4.79 Å². The zero-order chi connectivity index (χ0) is 12.8. The molecule has 1 rings (SSSR count). The van der Waals surface area contributed by atoms with Crippen molar-refractivity contribution in [3.8, 4) is 12.1 Å². The third-order valence-corrected chi connectivity index (χ3v) is 2.21. The molecule has 0 atom stereocenters. The Labute approximate surface area is 108 Å². The standard InChI is InChI=1S/C10H6Cl2N4O/c11-8-5-7(6-9(12)15-8)10(17)16(3-1-13)4-2-14/h5-6H,3-4H2. The van der Waals surface area contributed by atoms with Crippen molar-refractivity contribution in [2.24, 2.45) is 0 Å². The smallest absolute Gasteiger partial charge is 0.255 e. The molecular formula is C10H6Cl2N4O. The Balaban J connectivity index is 3.02. The minimum absolute atomic E-state index is 0.0784. The first-order chi connectivity index (χ1) is 8.08. The van der Waals surface area contributed by atoms with Crippen LogP contribution in [0.15, 0.2) is 12.1 Å². The van der Waals surface area contributed by atoms with Gasteiger partial charge in [-0.25, -0.2) is 4.98 Å². The SMILES string of the molecule is N#CCN(CC#N)C(=O)c1cc(Cl)nc(Cl)c1. The average Bonchev–Trinajstić information content (AvgIpc) is 2.26. The summed E-state index contributed by atoms with van der Waals surface area (Å²) in [6.45, 7) is -0.353. The Bertz CT molecular complexity index is 482. The Morgan fingerprint density at radius 3 is 2.12 bits per heavy atom. The molecule has 0 bridgehead atoms. The summed E-state index contributed by atoms with van der Waals surface area (Å²) in [4.78, 5) is 16.7. The summed E-state index contributed by atoms with van der Waals surface area (Å²) in [6.07, 6.45) is 0. The second-order valence-electron chi connectivity index (χ2n) is 2.98. The first-order valence-electron chi connectivity index (χ1n) is 4.44. The van der Waals surface area contributed by atoms with Crippen LogP contribution in [0.4, 0.5) is 0 Å². The van der Waals surface area contributed by atoms with Crippen LogP contribution in [-0.2, 0) is 0 Å². The van der Waals surface area contributed by atoms with Crippen LogP contribution in [0, 0.1) is 22.7 Å². The van der Waals surface area contributed by atoms with Crippen molar-refractivity contribution >= 4 is 29.1 Å². The Morgan fingerprint density at radius 2 is 1.71 bits per heavy atom. The fraction of sp³-hybridized carbons (Fsp3) is 0.200. The highest BCUT2D eigenvalue weighted by atomic mass is 35.5. The predicted molar refractivity (Wildman–Crippen MR) is 61.4 cm³/mol. The normalized spacial score (nSPS) is 9.18. The number of halogens is 2.